The number of fused-ring (bicyclic) bond motifs is 1. The maximum atomic E-state index is 12.0. The quantitative estimate of drug-likeness (QED) is 0.726. The highest BCUT2D eigenvalue weighted by atomic mass is 16.2. The third kappa shape index (κ3) is 2.08. The Labute approximate surface area is 103 Å². The third-order valence-electron chi connectivity index (χ3n) is 2.20. The van der Waals surface area contributed by atoms with Gasteiger partial charge in [0.25, 0.3) is 5.91 Å². The molecule has 0 saturated carbocycles. The summed E-state index contributed by atoms with van der Waals surface area (Å²) in [6.07, 6.45) is 1.27. The molecule has 96 valence electrons. The molecule has 0 fully saturated rings. The van der Waals surface area contributed by atoms with Crippen LogP contribution in [0.25, 0.3) is 5.65 Å². The molecule has 2 aromatic heterocycles. The molecule has 18 heavy (non-hydrogen) atoms. The number of imidazole rings is 1. The lowest BCUT2D eigenvalue weighted by Gasteiger charge is -2.19. The fraction of sp³-hybridized carbons (Fsp3) is 0.500. The zero-order chi connectivity index (χ0) is 13.5. The Kier molecular flexibility index (Phi) is 2.64. The average molecular weight is 250 g/mol. The van der Waals surface area contributed by atoms with E-state index in [4.69, 9.17) is 0 Å². The Balaban J connectivity index is 2.51. The van der Waals surface area contributed by atoms with Crippen LogP contribution in [0.4, 0.5) is 0 Å². The van der Waals surface area contributed by atoms with Crippen molar-refractivity contribution < 1.29 is 4.79 Å². The summed E-state index contributed by atoms with van der Waals surface area (Å²) in [7, 11) is 1.48. The van der Waals surface area contributed by atoms with Gasteiger partial charge in [-0.2, -0.15) is 4.68 Å². The summed E-state index contributed by atoms with van der Waals surface area (Å²) in [6.45, 7) is 5.57. The molecule has 0 aromatic carbocycles. The minimum Gasteiger partial charge on any atom is -0.346 e. The number of carbonyl (C=O) groups excluding carboxylic acids is 1. The number of hydrogen-bond acceptors (Lipinski definition) is 5. The van der Waals surface area contributed by atoms with Gasteiger partial charge in [-0.05, 0) is 20.8 Å². The van der Waals surface area contributed by atoms with Gasteiger partial charge in [0.05, 0.1) is 0 Å². The normalized spacial score (nSPS) is 11.8. The lowest BCUT2D eigenvalue weighted by molar-refractivity contribution is 0.0916. The van der Waals surface area contributed by atoms with Crippen molar-refractivity contribution in [2.45, 2.75) is 26.3 Å². The van der Waals surface area contributed by atoms with Crippen LogP contribution in [0, 0.1) is 0 Å². The predicted octanol–water partition coefficient (Wildman–Crippen LogP) is -0.649. The molecule has 0 aliphatic heterocycles. The van der Waals surface area contributed by atoms with E-state index in [9.17, 15) is 9.59 Å². The van der Waals surface area contributed by atoms with E-state index in [-0.39, 0.29) is 22.8 Å². The molecule has 0 aliphatic rings. The van der Waals surface area contributed by atoms with Gasteiger partial charge in [0.15, 0.2) is 11.3 Å². The fourth-order valence-electron chi connectivity index (χ4n) is 1.44. The van der Waals surface area contributed by atoms with E-state index < -0.39 is 5.69 Å². The maximum Gasteiger partial charge on any atom is 0.352 e. The highest BCUT2D eigenvalue weighted by molar-refractivity contribution is 5.98. The summed E-state index contributed by atoms with van der Waals surface area (Å²) in [6, 6.07) is 0. The van der Waals surface area contributed by atoms with Crippen LogP contribution in [-0.4, -0.2) is 35.8 Å². The maximum absolute atomic E-state index is 12.0. The topological polar surface area (TPSA) is 94.2 Å². The first-order valence-electron chi connectivity index (χ1n) is 5.39. The van der Waals surface area contributed by atoms with Gasteiger partial charge < -0.3 is 5.32 Å². The summed E-state index contributed by atoms with van der Waals surface area (Å²) in [5, 5.41) is 10.2. The molecule has 2 rings (SSSR count). The number of nitrogens with zero attached hydrogens (tertiary/aromatic N) is 5. The van der Waals surface area contributed by atoms with Crippen LogP contribution in [0.2, 0.25) is 0 Å². The molecule has 0 spiro atoms. The second kappa shape index (κ2) is 3.90. The number of amides is 1. The van der Waals surface area contributed by atoms with Crippen molar-refractivity contribution in [1.82, 2.24) is 29.7 Å². The van der Waals surface area contributed by atoms with Crippen molar-refractivity contribution in [2.24, 2.45) is 7.05 Å². The second-order valence-electron chi connectivity index (χ2n) is 4.99. The molecule has 8 heteroatoms. The van der Waals surface area contributed by atoms with Crippen molar-refractivity contribution >= 4 is 11.6 Å². The van der Waals surface area contributed by atoms with Gasteiger partial charge in [0.2, 0.25) is 0 Å². The fourth-order valence-corrected chi connectivity index (χ4v) is 1.44. The van der Waals surface area contributed by atoms with E-state index in [1.54, 1.807) is 0 Å². The summed E-state index contributed by atoms with van der Waals surface area (Å²) < 4.78 is 2.25. The van der Waals surface area contributed by atoms with E-state index in [1.165, 1.54) is 17.8 Å². The SMILES string of the molecule is Cn1nnc2c(C(=O)NC(C)(C)C)ncn2c1=O. The van der Waals surface area contributed by atoms with Crippen molar-refractivity contribution in [3.8, 4) is 0 Å². The predicted molar refractivity (Wildman–Crippen MR) is 63.2 cm³/mol. The highest BCUT2D eigenvalue weighted by Gasteiger charge is 2.21. The van der Waals surface area contributed by atoms with Gasteiger partial charge in [-0.25, -0.2) is 14.2 Å². The van der Waals surface area contributed by atoms with Gasteiger partial charge >= 0.3 is 5.69 Å². The Morgan fingerprint density at radius 1 is 1.39 bits per heavy atom. The van der Waals surface area contributed by atoms with Crippen molar-refractivity contribution in [1.29, 1.82) is 0 Å². The van der Waals surface area contributed by atoms with E-state index in [0.29, 0.717) is 0 Å². The van der Waals surface area contributed by atoms with Gasteiger partial charge in [-0.15, -0.1) is 5.10 Å². The second-order valence-corrected chi connectivity index (χ2v) is 4.99. The highest BCUT2D eigenvalue weighted by Crippen LogP contribution is 2.06. The number of rotatable bonds is 1. The van der Waals surface area contributed by atoms with E-state index in [0.717, 1.165) is 4.68 Å². The molecular weight excluding hydrogens is 236 g/mol. The molecule has 2 aromatic rings. The average Bonchev–Trinajstić information content (AvgIpc) is 2.65. The molecule has 0 aliphatic carbocycles. The summed E-state index contributed by atoms with van der Waals surface area (Å²) >= 11 is 0. The zero-order valence-corrected chi connectivity index (χ0v) is 10.6. The molecule has 0 unspecified atom stereocenters. The Morgan fingerprint density at radius 3 is 2.67 bits per heavy atom. The minimum absolute atomic E-state index is 0.0927. The van der Waals surface area contributed by atoms with Crippen molar-refractivity contribution in [3.63, 3.8) is 0 Å². The number of aromatic nitrogens is 5. The smallest absolute Gasteiger partial charge is 0.346 e. The molecule has 1 N–H and O–H groups in total. The first-order chi connectivity index (χ1) is 8.29. The Morgan fingerprint density at radius 2 is 2.06 bits per heavy atom. The molecule has 0 radical (unpaired) electrons. The van der Waals surface area contributed by atoms with Gasteiger partial charge in [-0.1, -0.05) is 5.21 Å². The van der Waals surface area contributed by atoms with Crippen LogP contribution < -0.4 is 11.0 Å². The van der Waals surface area contributed by atoms with E-state index in [2.05, 4.69) is 20.6 Å². The number of hydrogen-bond donors (Lipinski definition) is 1. The van der Waals surface area contributed by atoms with Crippen LogP contribution in [-0.2, 0) is 7.05 Å². The molecule has 1 amide bonds. The Hall–Kier alpha value is -2.25. The van der Waals surface area contributed by atoms with Crippen LogP contribution >= 0.6 is 0 Å². The van der Waals surface area contributed by atoms with Gasteiger partial charge in [0, 0.05) is 12.6 Å². The number of carbonyl (C=O) groups is 1. The lowest BCUT2D eigenvalue weighted by atomic mass is 10.1. The summed E-state index contributed by atoms with van der Waals surface area (Å²) in [5.74, 6) is -0.382. The van der Waals surface area contributed by atoms with Crippen LogP contribution in [0.3, 0.4) is 0 Å². The minimum atomic E-state index is -0.401. The van der Waals surface area contributed by atoms with Crippen molar-refractivity contribution in [2.75, 3.05) is 0 Å². The van der Waals surface area contributed by atoms with Crippen LogP contribution in [0.15, 0.2) is 11.1 Å². The number of nitrogens with one attached hydrogen (secondary N) is 1. The Bertz CT molecular complexity index is 663. The largest absolute Gasteiger partial charge is 0.352 e. The van der Waals surface area contributed by atoms with Crippen LogP contribution in [0.5, 0.6) is 0 Å². The standard InChI is InChI=1S/C10H14N6O2/c1-10(2,3)12-8(17)6-7-13-14-15(4)9(18)16(7)5-11-6/h5H,1-4H3,(H,12,17). The zero-order valence-electron chi connectivity index (χ0n) is 10.6. The number of aryl methyl sites for hydroxylation is 1. The third-order valence-corrected chi connectivity index (χ3v) is 2.20. The monoisotopic (exact) mass is 250 g/mol. The molecule has 0 bridgehead atoms. The summed E-state index contributed by atoms with van der Waals surface area (Å²) in [4.78, 5) is 27.6. The van der Waals surface area contributed by atoms with Gasteiger partial charge in [0.1, 0.15) is 6.33 Å². The summed E-state index contributed by atoms with van der Waals surface area (Å²) in [5.41, 5.74) is -0.544. The van der Waals surface area contributed by atoms with Crippen LogP contribution in [0.1, 0.15) is 31.3 Å². The first-order valence-corrected chi connectivity index (χ1v) is 5.39. The molecule has 0 saturated heterocycles. The molecule has 8 nitrogen and oxygen atoms in total. The lowest BCUT2D eigenvalue weighted by Crippen LogP contribution is -2.41. The first kappa shape index (κ1) is 12.2. The van der Waals surface area contributed by atoms with Gasteiger partial charge in [-0.3, -0.25) is 4.79 Å². The molecule has 0 atom stereocenters. The van der Waals surface area contributed by atoms with Crippen molar-refractivity contribution in [3.05, 3.63) is 22.5 Å². The molecular formula is C10H14N6O2. The molecule has 2 heterocycles. The van der Waals surface area contributed by atoms with E-state index >= 15 is 0 Å². The van der Waals surface area contributed by atoms with E-state index in [1.807, 2.05) is 20.8 Å².